The van der Waals surface area contributed by atoms with Crippen LogP contribution in [0.3, 0.4) is 0 Å². The fourth-order valence-electron chi connectivity index (χ4n) is 4.66. The van der Waals surface area contributed by atoms with E-state index in [2.05, 4.69) is 10.5 Å². The summed E-state index contributed by atoms with van der Waals surface area (Å²) in [5.74, 6) is -1.05. The topological polar surface area (TPSA) is 77.0 Å². The molecule has 1 aromatic heterocycles. The van der Waals surface area contributed by atoms with Crippen LogP contribution in [0.15, 0.2) is 102 Å². The predicted octanol–water partition coefficient (Wildman–Crippen LogP) is 5.41. The predicted molar refractivity (Wildman–Crippen MR) is 134 cm³/mol. The number of ether oxygens (including phenoxy) is 1. The molecule has 7 heteroatoms. The highest BCUT2D eigenvalue weighted by Gasteiger charge is 2.63. The molecule has 172 valence electrons. The molecule has 1 amide bonds. The van der Waals surface area contributed by atoms with E-state index in [0.717, 1.165) is 5.56 Å². The summed E-state index contributed by atoms with van der Waals surface area (Å²) in [4.78, 5) is 33.8. The smallest absolute Gasteiger partial charge is 0.277 e. The van der Waals surface area contributed by atoms with E-state index in [1.807, 2.05) is 78.2 Å². The first-order valence-corrected chi connectivity index (χ1v) is 12.1. The number of carbonyl (C=O) groups excluding carboxylic acids is 2. The first-order chi connectivity index (χ1) is 17.2. The molecule has 0 radical (unpaired) electrons. The summed E-state index contributed by atoms with van der Waals surface area (Å²) in [6.07, 6.45) is 0. The number of ketones is 1. The zero-order chi connectivity index (χ0) is 23.8. The van der Waals surface area contributed by atoms with Gasteiger partial charge in [0, 0.05) is 16.8 Å². The Morgan fingerprint density at radius 3 is 2.57 bits per heavy atom. The summed E-state index contributed by atoms with van der Waals surface area (Å²) in [7, 11) is 0. The van der Waals surface area contributed by atoms with Crippen molar-refractivity contribution in [2.45, 2.75) is 12.2 Å². The molecule has 0 bridgehead atoms. The van der Waals surface area contributed by atoms with Gasteiger partial charge in [-0.25, -0.2) is 0 Å². The zero-order valence-corrected chi connectivity index (χ0v) is 19.3. The maximum Gasteiger partial charge on any atom is 0.277 e. The molecule has 2 aliphatic rings. The Morgan fingerprint density at radius 1 is 0.971 bits per heavy atom. The number of nitrogens with one attached hydrogen (secondary N) is 1. The van der Waals surface area contributed by atoms with Crippen molar-refractivity contribution in [1.82, 2.24) is 0 Å². The molecule has 0 saturated heterocycles. The fourth-order valence-corrected chi connectivity index (χ4v) is 5.36. The average molecular weight is 481 g/mol. The van der Waals surface area contributed by atoms with Gasteiger partial charge in [0.05, 0.1) is 4.88 Å². The van der Waals surface area contributed by atoms with Gasteiger partial charge in [0.2, 0.25) is 0 Å². The lowest BCUT2D eigenvalue weighted by Crippen LogP contribution is -2.46. The second-order valence-corrected chi connectivity index (χ2v) is 9.30. The lowest BCUT2D eigenvalue weighted by molar-refractivity contribution is -0.140. The molecule has 3 aromatic carbocycles. The Balaban J connectivity index is 1.45. The molecule has 4 aromatic rings. The molecule has 2 aliphatic heterocycles. The maximum atomic E-state index is 13.9. The first-order valence-electron chi connectivity index (χ1n) is 11.2. The number of fused-ring (bicyclic) bond motifs is 2. The molecule has 6 nitrogen and oxygen atoms in total. The van der Waals surface area contributed by atoms with Gasteiger partial charge in [0.15, 0.2) is 5.78 Å². The van der Waals surface area contributed by atoms with Gasteiger partial charge in [0.25, 0.3) is 11.5 Å². The highest BCUT2D eigenvalue weighted by molar-refractivity contribution is 7.12. The quantitative estimate of drug-likeness (QED) is 0.375. The Morgan fingerprint density at radius 2 is 1.74 bits per heavy atom. The van der Waals surface area contributed by atoms with Gasteiger partial charge in [-0.15, -0.1) is 11.3 Å². The molecule has 0 fully saturated rings. The van der Waals surface area contributed by atoms with Crippen LogP contribution in [0.2, 0.25) is 0 Å². The lowest BCUT2D eigenvalue weighted by atomic mass is 9.75. The minimum absolute atomic E-state index is 0.221. The number of thiophene rings is 1. The third-order valence-electron chi connectivity index (χ3n) is 6.31. The van der Waals surface area contributed by atoms with Crippen LogP contribution in [-0.2, 0) is 21.8 Å². The summed E-state index contributed by atoms with van der Waals surface area (Å²) in [6, 6.07) is 28.1. The normalized spacial score (nSPS) is 20.2. The van der Waals surface area contributed by atoms with Crippen LogP contribution in [0.1, 0.15) is 26.4 Å². The molecule has 1 N–H and O–H groups in total. The molecule has 0 saturated carbocycles. The Hall–Kier alpha value is -4.23. The van der Waals surface area contributed by atoms with Crippen molar-refractivity contribution in [3.63, 3.8) is 0 Å². The number of rotatable bonds is 6. The molecule has 6 rings (SSSR count). The van der Waals surface area contributed by atoms with Crippen LogP contribution in [0.25, 0.3) is 0 Å². The minimum Gasteiger partial charge on any atom is -0.488 e. The Labute approximate surface area is 205 Å². The highest BCUT2D eigenvalue weighted by atomic mass is 32.1. The molecule has 0 unspecified atom stereocenters. The number of nitrogens with zero attached hydrogens (tertiary/aromatic N) is 1. The largest absolute Gasteiger partial charge is 0.488 e. The van der Waals surface area contributed by atoms with E-state index < -0.39 is 17.4 Å². The van der Waals surface area contributed by atoms with E-state index in [1.54, 1.807) is 18.2 Å². The summed E-state index contributed by atoms with van der Waals surface area (Å²) in [5.41, 5.74) is 1.64. The maximum absolute atomic E-state index is 13.9. The molecular weight excluding hydrogens is 460 g/mol. The van der Waals surface area contributed by atoms with Gasteiger partial charge in [0.1, 0.15) is 24.0 Å². The monoisotopic (exact) mass is 480 g/mol. The van der Waals surface area contributed by atoms with Crippen molar-refractivity contribution in [3.05, 3.63) is 118 Å². The van der Waals surface area contributed by atoms with E-state index in [0.29, 0.717) is 39.8 Å². The molecule has 35 heavy (non-hydrogen) atoms. The number of benzene rings is 3. The van der Waals surface area contributed by atoms with E-state index >= 15 is 0 Å². The van der Waals surface area contributed by atoms with Crippen molar-refractivity contribution in [2.24, 2.45) is 11.1 Å². The molecule has 1 spiro atoms. The summed E-state index contributed by atoms with van der Waals surface area (Å²) < 4.78 is 6.16. The molecule has 3 heterocycles. The van der Waals surface area contributed by atoms with Gasteiger partial charge in [-0.1, -0.05) is 71.9 Å². The average Bonchev–Trinajstić information content (AvgIpc) is 3.63. The number of amides is 1. The lowest BCUT2D eigenvalue weighted by Gasteiger charge is -2.26. The summed E-state index contributed by atoms with van der Waals surface area (Å²) in [5, 5.41) is 9.09. The minimum atomic E-state index is -1.58. The number of carbonyl (C=O) groups is 2. The van der Waals surface area contributed by atoms with Gasteiger partial charge in [-0.3, -0.25) is 9.59 Å². The first kappa shape index (κ1) is 21.3. The van der Waals surface area contributed by atoms with Gasteiger partial charge in [-0.2, -0.15) is 0 Å². The van der Waals surface area contributed by atoms with Gasteiger partial charge >= 0.3 is 0 Å². The van der Waals surface area contributed by atoms with Gasteiger partial charge < -0.3 is 14.9 Å². The highest BCUT2D eigenvalue weighted by Crippen LogP contribution is 2.50. The van der Waals surface area contributed by atoms with E-state index in [1.165, 1.54) is 11.3 Å². The van der Waals surface area contributed by atoms with Crippen molar-refractivity contribution >= 4 is 34.4 Å². The van der Waals surface area contributed by atoms with Crippen LogP contribution < -0.4 is 10.1 Å². The van der Waals surface area contributed by atoms with E-state index in [9.17, 15) is 9.59 Å². The van der Waals surface area contributed by atoms with Crippen molar-refractivity contribution in [2.75, 3.05) is 5.32 Å². The molecular formula is C28H20N2O4S. The third-order valence-corrected chi connectivity index (χ3v) is 7.19. The van der Waals surface area contributed by atoms with Crippen LogP contribution >= 0.6 is 11.3 Å². The van der Waals surface area contributed by atoms with Crippen molar-refractivity contribution in [3.8, 4) is 5.75 Å². The van der Waals surface area contributed by atoms with Crippen LogP contribution in [0.5, 0.6) is 5.75 Å². The summed E-state index contributed by atoms with van der Waals surface area (Å²) >= 11 is 1.33. The second kappa shape index (κ2) is 8.52. The third kappa shape index (κ3) is 3.43. The van der Waals surface area contributed by atoms with Crippen molar-refractivity contribution in [1.29, 1.82) is 0 Å². The second-order valence-electron chi connectivity index (χ2n) is 8.35. The van der Waals surface area contributed by atoms with Crippen LogP contribution in [0.4, 0.5) is 5.69 Å². The number of Topliss-reactive ketones (excluding diaryl/α,β-unsaturated/α-hetero) is 1. The Kier molecular flexibility index (Phi) is 5.19. The SMILES string of the molecule is O=C(c1cccs1)[C@H]1C(c2ccccc2OCc2ccccc2)=NO[C@@]12C(=O)Nc1ccccc12. The fraction of sp³-hybridized carbons (Fsp3) is 0.107. The summed E-state index contributed by atoms with van der Waals surface area (Å²) in [6.45, 7) is 0.351. The number of hydrogen-bond donors (Lipinski definition) is 1. The van der Waals surface area contributed by atoms with Crippen molar-refractivity contribution < 1.29 is 19.2 Å². The number of oxime groups is 1. The van der Waals surface area contributed by atoms with Crippen LogP contribution in [0, 0.1) is 5.92 Å². The van der Waals surface area contributed by atoms with E-state index in [4.69, 9.17) is 9.57 Å². The standard InChI is InChI=1S/C28H20N2O4S/c31-26(23-15-8-16-35-23)24-25(30-34-28(24)20-12-5-6-13-21(20)29-27(28)32)19-11-4-7-14-22(19)33-17-18-9-2-1-3-10-18/h1-16,24H,17H2,(H,29,32)/t24-,28-/m1/s1. The van der Waals surface area contributed by atoms with Crippen LogP contribution in [-0.4, -0.2) is 17.4 Å². The van der Waals surface area contributed by atoms with E-state index in [-0.39, 0.29) is 5.78 Å². The number of para-hydroxylation sites is 2. The number of anilines is 1. The molecule has 2 atom stereocenters. The Bertz CT molecular complexity index is 1450. The molecule has 0 aliphatic carbocycles. The number of hydrogen-bond acceptors (Lipinski definition) is 6. The zero-order valence-electron chi connectivity index (χ0n) is 18.5. The van der Waals surface area contributed by atoms with Gasteiger partial charge in [-0.05, 0) is 35.2 Å².